The first-order valence-electron chi connectivity index (χ1n) is 5.61. The van der Waals surface area contributed by atoms with Crippen molar-refractivity contribution in [2.24, 2.45) is 5.41 Å². The first-order valence-corrected chi connectivity index (χ1v) is 7.37. The first kappa shape index (κ1) is 11.1. The van der Waals surface area contributed by atoms with Crippen LogP contribution in [-0.2, 0) is 6.42 Å². The Balaban J connectivity index is 2.07. The van der Waals surface area contributed by atoms with Crippen molar-refractivity contribution in [1.82, 2.24) is 4.98 Å². The molecule has 2 heterocycles. The number of hydrogen-bond donors (Lipinski definition) is 0. The predicted octanol–water partition coefficient (Wildman–Crippen LogP) is 4.03. The van der Waals surface area contributed by atoms with Crippen LogP contribution in [0.3, 0.4) is 0 Å². The van der Waals surface area contributed by atoms with Gasteiger partial charge < -0.3 is 0 Å². The summed E-state index contributed by atoms with van der Waals surface area (Å²) in [5.74, 6) is 0.259. The standard InChI is InChI=1S/C13H13NOS2/c1-13(2)5-9-11(10(15)6-13)17-12(14-9)8-3-4-16-7-8/h3-4,7H,5-6H2,1-2H3. The Bertz CT molecular complexity index is 566. The molecule has 1 aliphatic carbocycles. The highest BCUT2D eigenvalue weighted by Gasteiger charge is 2.33. The molecule has 0 radical (unpaired) electrons. The maximum absolute atomic E-state index is 12.1. The average Bonchev–Trinajstić information content (AvgIpc) is 2.81. The number of carbonyl (C=O) groups is 1. The third kappa shape index (κ3) is 1.96. The monoisotopic (exact) mass is 263 g/mol. The van der Waals surface area contributed by atoms with Crippen LogP contribution in [-0.4, -0.2) is 10.8 Å². The van der Waals surface area contributed by atoms with E-state index in [4.69, 9.17) is 0 Å². The molecule has 0 saturated heterocycles. The Morgan fingerprint density at radius 1 is 1.35 bits per heavy atom. The molecular weight excluding hydrogens is 250 g/mol. The van der Waals surface area contributed by atoms with Gasteiger partial charge in [0.1, 0.15) is 5.01 Å². The number of ketones is 1. The molecule has 88 valence electrons. The van der Waals surface area contributed by atoms with Crippen molar-refractivity contribution in [3.8, 4) is 10.6 Å². The number of rotatable bonds is 1. The number of thiophene rings is 1. The maximum Gasteiger partial charge on any atom is 0.175 e. The van der Waals surface area contributed by atoms with E-state index in [-0.39, 0.29) is 11.2 Å². The zero-order chi connectivity index (χ0) is 12.0. The average molecular weight is 263 g/mol. The third-order valence-corrected chi connectivity index (χ3v) is 4.87. The molecule has 0 fully saturated rings. The van der Waals surface area contributed by atoms with Gasteiger partial charge in [-0.15, -0.1) is 11.3 Å². The molecule has 1 aliphatic rings. The predicted molar refractivity (Wildman–Crippen MR) is 71.9 cm³/mol. The number of nitrogens with zero attached hydrogens (tertiary/aromatic N) is 1. The Hall–Kier alpha value is -1.00. The van der Waals surface area contributed by atoms with Crippen molar-refractivity contribution in [2.45, 2.75) is 26.7 Å². The lowest BCUT2D eigenvalue weighted by molar-refractivity contribution is 0.0916. The van der Waals surface area contributed by atoms with E-state index in [1.807, 2.05) is 5.38 Å². The fourth-order valence-electron chi connectivity index (χ4n) is 2.23. The van der Waals surface area contributed by atoms with Crippen molar-refractivity contribution >= 4 is 28.5 Å². The molecule has 0 unspecified atom stereocenters. The zero-order valence-corrected chi connectivity index (χ0v) is 11.5. The number of thiazole rings is 1. The van der Waals surface area contributed by atoms with Gasteiger partial charge in [0.25, 0.3) is 0 Å². The van der Waals surface area contributed by atoms with Crippen molar-refractivity contribution in [1.29, 1.82) is 0 Å². The second-order valence-corrected chi connectivity index (χ2v) is 7.03. The molecule has 0 bridgehead atoms. The van der Waals surface area contributed by atoms with E-state index in [0.29, 0.717) is 6.42 Å². The van der Waals surface area contributed by atoms with E-state index in [0.717, 1.165) is 27.6 Å². The van der Waals surface area contributed by atoms with Crippen LogP contribution in [0.15, 0.2) is 16.8 Å². The molecule has 2 aromatic rings. The van der Waals surface area contributed by atoms with Crippen LogP contribution < -0.4 is 0 Å². The second-order valence-electron chi connectivity index (χ2n) is 5.25. The Kier molecular flexibility index (Phi) is 2.45. The summed E-state index contributed by atoms with van der Waals surface area (Å²) >= 11 is 3.21. The molecular formula is C13H13NOS2. The van der Waals surface area contributed by atoms with Gasteiger partial charge in [0.05, 0.1) is 10.6 Å². The van der Waals surface area contributed by atoms with Gasteiger partial charge in [-0.3, -0.25) is 4.79 Å². The second kappa shape index (κ2) is 3.75. The SMILES string of the molecule is CC1(C)CC(=O)c2sc(-c3ccsc3)nc2C1. The van der Waals surface area contributed by atoms with Gasteiger partial charge in [-0.2, -0.15) is 11.3 Å². The molecule has 0 aliphatic heterocycles. The number of fused-ring (bicyclic) bond motifs is 1. The van der Waals surface area contributed by atoms with Gasteiger partial charge in [-0.05, 0) is 23.3 Å². The highest BCUT2D eigenvalue weighted by atomic mass is 32.1. The lowest BCUT2D eigenvalue weighted by Crippen LogP contribution is -2.25. The molecule has 3 rings (SSSR count). The van der Waals surface area contributed by atoms with Crippen LogP contribution in [0.5, 0.6) is 0 Å². The van der Waals surface area contributed by atoms with Crippen molar-refractivity contribution in [3.05, 3.63) is 27.4 Å². The van der Waals surface area contributed by atoms with Crippen LogP contribution in [0.1, 0.15) is 35.6 Å². The lowest BCUT2D eigenvalue weighted by Gasteiger charge is -2.26. The normalized spacial score (nSPS) is 18.1. The summed E-state index contributed by atoms with van der Waals surface area (Å²) in [5.41, 5.74) is 2.20. The van der Waals surface area contributed by atoms with Crippen molar-refractivity contribution in [3.63, 3.8) is 0 Å². The number of Topliss-reactive ketones (excluding diaryl/α,β-unsaturated/α-hetero) is 1. The number of aromatic nitrogens is 1. The van der Waals surface area contributed by atoms with Crippen LogP contribution in [0, 0.1) is 5.41 Å². The summed E-state index contributed by atoms with van der Waals surface area (Å²) in [6.45, 7) is 4.27. The zero-order valence-electron chi connectivity index (χ0n) is 9.82. The van der Waals surface area contributed by atoms with Gasteiger partial charge in [0.15, 0.2) is 5.78 Å². The van der Waals surface area contributed by atoms with Crippen LogP contribution >= 0.6 is 22.7 Å². The van der Waals surface area contributed by atoms with Gasteiger partial charge in [-0.1, -0.05) is 13.8 Å². The van der Waals surface area contributed by atoms with Crippen LogP contribution in [0.25, 0.3) is 10.6 Å². The molecule has 2 nitrogen and oxygen atoms in total. The fourth-order valence-corrected chi connectivity index (χ4v) is 3.96. The minimum absolute atomic E-state index is 0.0596. The molecule has 17 heavy (non-hydrogen) atoms. The maximum atomic E-state index is 12.1. The third-order valence-electron chi connectivity index (χ3n) is 3.00. The molecule has 4 heteroatoms. The summed E-state index contributed by atoms with van der Waals surface area (Å²) in [7, 11) is 0. The molecule has 0 spiro atoms. The molecule has 2 aromatic heterocycles. The minimum Gasteiger partial charge on any atom is -0.293 e. The number of carbonyl (C=O) groups excluding carboxylic acids is 1. The van der Waals surface area contributed by atoms with E-state index in [2.05, 4.69) is 30.3 Å². The van der Waals surface area contributed by atoms with Crippen molar-refractivity contribution < 1.29 is 4.79 Å². The smallest absolute Gasteiger partial charge is 0.175 e. The van der Waals surface area contributed by atoms with E-state index in [9.17, 15) is 4.79 Å². The Labute approximate surface area is 108 Å². The van der Waals surface area contributed by atoms with Crippen molar-refractivity contribution in [2.75, 3.05) is 0 Å². The highest BCUT2D eigenvalue weighted by Crippen LogP contribution is 2.39. The van der Waals surface area contributed by atoms with E-state index < -0.39 is 0 Å². The quantitative estimate of drug-likeness (QED) is 0.777. The van der Waals surface area contributed by atoms with E-state index in [1.54, 1.807) is 22.7 Å². The molecule has 0 aromatic carbocycles. The fraction of sp³-hybridized carbons (Fsp3) is 0.385. The first-order chi connectivity index (χ1) is 8.05. The van der Waals surface area contributed by atoms with Crippen LogP contribution in [0.4, 0.5) is 0 Å². The Morgan fingerprint density at radius 3 is 2.88 bits per heavy atom. The summed E-state index contributed by atoms with van der Waals surface area (Å²) in [5, 5.41) is 5.11. The molecule has 0 atom stereocenters. The topological polar surface area (TPSA) is 30.0 Å². The van der Waals surface area contributed by atoms with E-state index in [1.165, 1.54) is 0 Å². The summed E-state index contributed by atoms with van der Waals surface area (Å²) < 4.78 is 0. The lowest BCUT2D eigenvalue weighted by atomic mass is 9.78. The Morgan fingerprint density at radius 2 is 2.18 bits per heavy atom. The van der Waals surface area contributed by atoms with Gasteiger partial charge >= 0.3 is 0 Å². The van der Waals surface area contributed by atoms with Gasteiger partial charge in [0.2, 0.25) is 0 Å². The van der Waals surface area contributed by atoms with E-state index >= 15 is 0 Å². The highest BCUT2D eigenvalue weighted by molar-refractivity contribution is 7.17. The summed E-state index contributed by atoms with van der Waals surface area (Å²) in [6, 6.07) is 2.06. The van der Waals surface area contributed by atoms with Gasteiger partial charge in [0, 0.05) is 17.4 Å². The van der Waals surface area contributed by atoms with Gasteiger partial charge in [-0.25, -0.2) is 4.98 Å². The molecule has 0 amide bonds. The largest absolute Gasteiger partial charge is 0.293 e. The van der Waals surface area contributed by atoms with Crippen LogP contribution in [0.2, 0.25) is 0 Å². The summed E-state index contributed by atoms with van der Waals surface area (Å²) in [4.78, 5) is 17.6. The number of hydrogen-bond acceptors (Lipinski definition) is 4. The molecule has 0 N–H and O–H groups in total. The minimum atomic E-state index is 0.0596. The molecule has 0 saturated carbocycles. The summed E-state index contributed by atoms with van der Waals surface area (Å²) in [6.07, 6.45) is 1.56.